The average molecular weight is 197 g/mol. The van der Waals surface area contributed by atoms with E-state index in [1.807, 2.05) is 13.0 Å². The van der Waals surface area contributed by atoms with Gasteiger partial charge >= 0.3 is 0 Å². The minimum atomic E-state index is 1.24. The van der Waals surface area contributed by atoms with E-state index in [1.165, 1.54) is 27.7 Å². The van der Waals surface area contributed by atoms with Crippen LogP contribution in [0.1, 0.15) is 27.7 Å². The van der Waals surface area contributed by atoms with Crippen molar-refractivity contribution in [2.75, 3.05) is 0 Å². The van der Waals surface area contributed by atoms with Gasteiger partial charge in [0.05, 0.1) is 0 Å². The highest BCUT2D eigenvalue weighted by molar-refractivity contribution is 6.59. The van der Waals surface area contributed by atoms with E-state index in [2.05, 4.69) is 52.9 Å². The van der Waals surface area contributed by atoms with Crippen molar-refractivity contribution in [3.63, 3.8) is 0 Å². The summed E-state index contributed by atoms with van der Waals surface area (Å²) in [5.41, 5.74) is 6.49. The zero-order valence-electron chi connectivity index (χ0n) is 10.1. The first-order chi connectivity index (χ1) is 7.15. The van der Waals surface area contributed by atoms with E-state index in [1.54, 1.807) is 0 Å². The Bertz CT molecular complexity index is 386. The van der Waals surface area contributed by atoms with E-state index in [0.29, 0.717) is 0 Å². The van der Waals surface area contributed by atoms with Crippen LogP contribution in [0.5, 0.6) is 0 Å². The van der Waals surface area contributed by atoms with Crippen molar-refractivity contribution in [1.29, 1.82) is 0 Å². The predicted molar refractivity (Wildman–Crippen MR) is 69.9 cm³/mol. The lowest BCUT2D eigenvalue weighted by Gasteiger charge is -2.05. The summed E-state index contributed by atoms with van der Waals surface area (Å²) in [6, 6.07) is 0. The first kappa shape index (κ1) is 11.8. The van der Waals surface area contributed by atoms with Gasteiger partial charge in [0.15, 0.2) is 7.28 Å². The Kier molecular flexibility index (Phi) is 3.96. The lowest BCUT2D eigenvalue weighted by molar-refractivity contribution is 1.34. The first-order valence-corrected chi connectivity index (χ1v) is 5.34. The molecule has 0 unspecified atom stereocenters. The standard InChI is InChI=1S/C14H18B/c1-6-9-13-11(7-2)12(8-3)14(15-13)10(4)5/h6-9H,2H2,1,3-5H3/b9-6-,12-8-. The summed E-state index contributed by atoms with van der Waals surface area (Å²) in [6.07, 6.45) is 8.30. The quantitative estimate of drug-likeness (QED) is 0.587. The Morgan fingerprint density at radius 1 is 1.27 bits per heavy atom. The Morgan fingerprint density at radius 3 is 2.33 bits per heavy atom. The molecule has 1 aliphatic heterocycles. The van der Waals surface area contributed by atoms with Gasteiger partial charge < -0.3 is 0 Å². The highest BCUT2D eigenvalue weighted by Crippen LogP contribution is 2.33. The fourth-order valence-corrected chi connectivity index (χ4v) is 1.88. The number of hydrogen-bond acceptors (Lipinski definition) is 0. The van der Waals surface area contributed by atoms with Crippen LogP contribution in [-0.2, 0) is 0 Å². The Labute approximate surface area is 94.0 Å². The molecule has 0 N–H and O–H groups in total. The van der Waals surface area contributed by atoms with Crippen LogP contribution in [0.25, 0.3) is 0 Å². The van der Waals surface area contributed by atoms with E-state index < -0.39 is 0 Å². The molecular formula is C14H18B. The van der Waals surface area contributed by atoms with Gasteiger partial charge in [0.1, 0.15) is 0 Å². The molecular weight excluding hydrogens is 179 g/mol. The summed E-state index contributed by atoms with van der Waals surface area (Å²) in [4.78, 5) is 0. The maximum absolute atomic E-state index is 3.89. The van der Waals surface area contributed by atoms with Crippen molar-refractivity contribution < 1.29 is 0 Å². The molecule has 0 bridgehead atoms. The second-order valence-electron chi connectivity index (χ2n) is 3.83. The van der Waals surface area contributed by atoms with Gasteiger partial charge in [-0.1, -0.05) is 47.4 Å². The molecule has 0 aliphatic carbocycles. The molecule has 0 atom stereocenters. The number of hydrogen-bond donors (Lipinski definition) is 0. The molecule has 1 radical (unpaired) electrons. The monoisotopic (exact) mass is 197 g/mol. The van der Waals surface area contributed by atoms with Crippen LogP contribution >= 0.6 is 0 Å². The Hall–Kier alpha value is -1.24. The third-order valence-corrected chi connectivity index (χ3v) is 2.57. The lowest BCUT2D eigenvalue weighted by Crippen LogP contribution is -1.94. The van der Waals surface area contributed by atoms with Crippen molar-refractivity contribution >= 4 is 7.28 Å². The maximum atomic E-state index is 3.89. The fourth-order valence-electron chi connectivity index (χ4n) is 1.88. The molecule has 15 heavy (non-hydrogen) atoms. The Morgan fingerprint density at radius 2 is 1.93 bits per heavy atom. The molecule has 0 saturated heterocycles. The molecule has 0 amide bonds. The molecule has 1 heterocycles. The van der Waals surface area contributed by atoms with Gasteiger partial charge in [-0.3, -0.25) is 0 Å². The van der Waals surface area contributed by atoms with Crippen LogP contribution in [0.4, 0.5) is 0 Å². The van der Waals surface area contributed by atoms with Crippen LogP contribution in [0.15, 0.2) is 58.5 Å². The molecule has 0 saturated carbocycles. The highest BCUT2D eigenvalue weighted by Gasteiger charge is 2.21. The topological polar surface area (TPSA) is 0 Å². The first-order valence-electron chi connectivity index (χ1n) is 5.34. The second kappa shape index (κ2) is 5.02. The van der Waals surface area contributed by atoms with Crippen molar-refractivity contribution in [1.82, 2.24) is 0 Å². The highest BCUT2D eigenvalue weighted by atomic mass is 14.1. The third-order valence-electron chi connectivity index (χ3n) is 2.57. The molecule has 77 valence electrons. The zero-order valence-corrected chi connectivity index (χ0v) is 10.1. The number of allylic oxidation sites excluding steroid dienone is 9. The molecule has 0 aromatic carbocycles. The van der Waals surface area contributed by atoms with Crippen molar-refractivity contribution in [3.05, 3.63) is 58.5 Å². The van der Waals surface area contributed by atoms with E-state index in [0.717, 1.165) is 0 Å². The maximum Gasteiger partial charge on any atom is 0.192 e. The van der Waals surface area contributed by atoms with Gasteiger partial charge in [0.25, 0.3) is 0 Å². The van der Waals surface area contributed by atoms with Crippen LogP contribution in [0.3, 0.4) is 0 Å². The predicted octanol–water partition coefficient (Wildman–Crippen LogP) is 3.96. The SMILES string of the molecule is C=CC1=C(/C=C\C)[B]C(=C(C)C)/C1=C\C. The molecule has 0 nitrogen and oxygen atoms in total. The summed E-state index contributed by atoms with van der Waals surface area (Å²) in [5, 5.41) is 0. The summed E-state index contributed by atoms with van der Waals surface area (Å²) in [5.74, 6) is 0. The van der Waals surface area contributed by atoms with Gasteiger partial charge in [-0.2, -0.15) is 0 Å². The average Bonchev–Trinajstić information content (AvgIpc) is 2.56. The zero-order chi connectivity index (χ0) is 11.4. The van der Waals surface area contributed by atoms with Crippen LogP contribution in [-0.4, -0.2) is 7.28 Å². The largest absolute Gasteiger partial charge is 0.192 e. The fraction of sp³-hybridized carbons (Fsp3) is 0.286. The summed E-state index contributed by atoms with van der Waals surface area (Å²) >= 11 is 0. The summed E-state index contributed by atoms with van der Waals surface area (Å²) < 4.78 is 0. The molecule has 1 aliphatic rings. The number of rotatable bonds is 2. The van der Waals surface area contributed by atoms with Crippen molar-refractivity contribution in [3.8, 4) is 0 Å². The van der Waals surface area contributed by atoms with Gasteiger partial charge in [-0.05, 0) is 38.8 Å². The molecule has 0 aromatic heterocycles. The third kappa shape index (κ3) is 2.23. The summed E-state index contributed by atoms with van der Waals surface area (Å²) in [6.45, 7) is 12.3. The van der Waals surface area contributed by atoms with E-state index in [9.17, 15) is 0 Å². The van der Waals surface area contributed by atoms with Gasteiger partial charge in [0.2, 0.25) is 0 Å². The van der Waals surface area contributed by atoms with E-state index in [4.69, 9.17) is 0 Å². The molecule has 0 aromatic rings. The smallest absolute Gasteiger partial charge is 0.0985 e. The lowest BCUT2D eigenvalue weighted by atomic mass is 9.64. The molecule has 0 spiro atoms. The van der Waals surface area contributed by atoms with Gasteiger partial charge in [-0.15, -0.1) is 0 Å². The minimum Gasteiger partial charge on any atom is -0.0985 e. The van der Waals surface area contributed by atoms with E-state index >= 15 is 0 Å². The summed E-state index contributed by atoms with van der Waals surface area (Å²) in [7, 11) is 2.24. The second-order valence-corrected chi connectivity index (χ2v) is 3.83. The van der Waals surface area contributed by atoms with E-state index in [-0.39, 0.29) is 0 Å². The molecule has 0 fully saturated rings. The molecule has 1 rings (SSSR count). The van der Waals surface area contributed by atoms with Gasteiger partial charge in [0, 0.05) is 0 Å². The normalized spacial score (nSPS) is 18.9. The van der Waals surface area contributed by atoms with Crippen LogP contribution < -0.4 is 0 Å². The minimum absolute atomic E-state index is 1.24. The van der Waals surface area contributed by atoms with Crippen molar-refractivity contribution in [2.45, 2.75) is 27.7 Å². The van der Waals surface area contributed by atoms with Gasteiger partial charge in [-0.25, -0.2) is 0 Å². The van der Waals surface area contributed by atoms with Crippen LogP contribution in [0, 0.1) is 0 Å². The Balaban J connectivity index is 3.30. The van der Waals surface area contributed by atoms with Crippen molar-refractivity contribution in [2.24, 2.45) is 0 Å². The van der Waals surface area contributed by atoms with Crippen LogP contribution in [0.2, 0.25) is 0 Å². The molecule has 1 heteroatoms.